The van der Waals surface area contributed by atoms with Gasteiger partial charge in [-0.1, -0.05) is 0 Å². The molecule has 0 amide bonds. The Morgan fingerprint density at radius 1 is 1.06 bits per heavy atom. The van der Waals surface area contributed by atoms with Crippen LogP contribution in [0.15, 0.2) is 24.3 Å². The predicted molar refractivity (Wildman–Crippen MR) is 66.6 cm³/mol. The summed E-state index contributed by atoms with van der Waals surface area (Å²) < 4.78 is 12.9. The first-order valence-electron chi connectivity index (χ1n) is 6.60. The second kappa shape index (κ2) is 4.30. The van der Waals surface area contributed by atoms with Gasteiger partial charge in [0.15, 0.2) is 0 Å². The molecule has 1 aromatic carbocycles. The number of anilines is 1. The van der Waals surface area contributed by atoms with Gasteiger partial charge in [-0.05, 0) is 37.1 Å². The van der Waals surface area contributed by atoms with Crippen molar-refractivity contribution in [2.75, 3.05) is 31.1 Å². The summed E-state index contributed by atoms with van der Waals surface area (Å²) in [5.41, 5.74) is 1.78. The molecule has 0 bridgehead atoms. The Hall–Kier alpha value is -1.09. The molecule has 0 unspecified atom stereocenters. The molecule has 2 aliphatic heterocycles. The zero-order valence-corrected chi connectivity index (χ0v) is 10.2. The first-order chi connectivity index (χ1) is 8.27. The average Bonchev–Trinajstić information content (AvgIpc) is 2.80. The number of nitrogens with two attached hydrogens (primary N) is 1. The van der Waals surface area contributed by atoms with Gasteiger partial charge >= 0.3 is 0 Å². The van der Waals surface area contributed by atoms with Crippen LogP contribution in [0.25, 0.3) is 0 Å². The summed E-state index contributed by atoms with van der Waals surface area (Å²) in [6.45, 7) is 4.86. The number of hydrogen-bond donors (Lipinski definition) is 1. The number of benzene rings is 1. The smallest absolute Gasteiger partial charge is 0.123 e. The number of piperidine rings is 1. The average molecular weight is 235 g/mol. The molecule has 2 heterocycles. The van der Waals surface area contributed by atoms with Crippen molar-refractivity contribution < 1.29 is 9.71 Å². The maximum absolute atomic E-state index is 12.9. The molecule has 1 aromatic rings. The Bertz CT molecular complexity index is 372. The molecule has 0 radical (unpaired) electrons. The summed E-state index contributed by atoms with van der Waals surface area (Å²) in [7, 11) is 0. The highest BCUT2D eigenvalue weighted by molar-refractivity contribution is 5.46. The van der Waals surface area contributed by atoms with E-state index in [2.05, 4.69) is 10.2 Å². The molecule has 3 heteroatoms. The molecule has 0 saturated carbocycles. The maximum atomic E-state index is 12.9. The summed E-state index contributed by atoms with van der Waals surface area (Å²) in [5.74, 6) is -0.146. The quantitative estimate of drug-likeness (QED) is 0.779. The fourth-order valence-electron chi connectivity index (χ4n) is 3.26. The van der Waals surface area contributed by atoms with Crippen molar-refractivity contribution in [3.05, 3.63) is 30.1 Å². The molecule has 3 rings (SSSR count). The van der Waals surface area contributed by atoms with Crippen LogP contribution >= 0.6 is 0 Å². The Labute approximate surface area is 102 Å². The van der Waals surface area contributed by atoms with Crippen molar-refractivity contribution in [3.8, 4) is 0 Å². The van der Waals surface area contributed by atoms with E-state index in [1.807, 2.05) is 12.1 Å². The van der Waals surface area contributed by atoms with Crippen molar-refractivity contribution in [2.24, 2.45) is 5.41 Å². The van der Waals surface area contributed by atoms with E-state index < -0.39 is 0 Å². The number of hydrogen-bond acceptors (Lipinski definition) is 1. The predicted octanol–water partition coefficient (Wildman–Crippen LogP) is 1.38. The number of nitrogens with zero attached hydrogens (tertiary/aromatic N) is 1. The highest BCUT2D eigenvalue weighted by Crippen LogP contribution is 2.36. The van der Waals surface area contributed by atoms with Gasteiger partial charge in [0.05, 0.1) is 13.1 Å². The topological polar surface area (TPSA) is 19.9 Å². The molecule has 2 nitrogen and oxygen atoms in total. The fourth-order valence-corrected chi connectivity index (χ4v) is 3.26. The lowest BCUT2D eigenvalue weighted by molar-refractivity contribution is -0.641. The van der Waals surface area contributed by atoms with E-state index in [0.717, 1.165) is 13.1 Å². The Kier molecular flexibility index (Phi) is 2.79. The van der Waals surface area contributed by atoms with Gasteiger partial charge in [-0.25, -0.2) is 4.39 Å². The van der Waals surface area contributed by atoms with Crippen LogP contribution in [0.1, 0.15) is 19.3 Å². The molecule has 92 valence electrons. The Balaban J connectivity index is 1.66. The summed E-state index contributed by atoms with van der Waals surface area (Å²) in [6, 6.07) is 6.91. The zero-order valence-electron chi connectivity index (χ0n) is 10.2. The molecule has 0 aromatic heterocycles. The highest BCUT2D eigenvalue weighted by Gasteiger charge is 2.39. The van der Waals surface area contributed by atoms with E-state index in [1.54, 1.807) is 12.1 Å². The molecule has 0 atom stereocenters. The van der Waals surface area contributed by atoms with E-state index in [-0.39, 0.29) is 5.82 Å². The van der Waals surface area contributed by atoms with E-state index in [1.165, 1.54) is 38.0 Å². The minimum Gasteiger partial charge on any atom is -0.371 e. The van der Waals surface area contributed by atoms with Gasteiger partial charge in [0.25, 0.3) is 0 Å². The van der Waals surface area contributed by atoms with Crippen molar-refractivity contribution in [3.63, 3.8) is 0 Å². The molecule has 2 N–H and O–H groups in total. The van der Waals surface area contributed by atoms with E-state index in [0.29, 0.717) is 5.41 Å². The lowest BCUT2D eigenvalue weighted by Gasteiger charge is -2.38. The van der Waals surface area contributed by atoms with Crippen LogP contribution in [0.4, 0.5) is 10.1 Å². The van der Waals surface area contributed by atoms with Crippen molar-refractivity contribution in [1.29, 1.82) is 0 Å². The largest absolute Gasteiger partial charge is 0.371 e. The molecule has 1 spiro atoms. The normalized spacial score (nSPS) is 23.2. The molecule has 17 heavy (non-hydrogen) atoms. The van der Waals surface area contributed by atoms with Crippen LogP contribution in [0.5, 0.6) is 0 Å². The first-order valence-corrected chi connectivity index (χ1v) is 6.60. The van der Waals surface area contributed by atoms with Gasteiger partial charge in [0.2, 0.25) is 0 Å². The highest BCUT2D eigenvalue weighted by atomic mass is 19.1. The summed E-state index contributed by atoms with van der Waals surface area (Å²) >= 11 is 0. The minimum absolute atomic E-state index is 0.146. The van der Waals surface area contributed by atoms with Crippen LogP contribution in [0.2, 0.25) is 0 Å². The van der Waals surface area contributed by atoms with E-state index in [9.17, 15) is 4.39 Å². The third kappa shape index (κ3) is 2.16. The van der Waals surface area contributed by atoms with Gasteiger partial charge in [-0.15, -0.1) is 0 Å². The monoisotopic (exact) mass is 235 g/mol. The van der Waals surface area contributed by atoms with Crippen LogP contribution < -0.4 is 10.2 Å². The van der Waals surface area contributed by atoms with Crippen molar-refractivity contribution >= 4 is 5.69 Å². The van der Waals surface area contributed by atoms with E-state index in [4.69, 9.17) is 0 Å². The third-order valence-corrected chi connectivity index (χ3v) is 4.47. The van der Waals surface area contributed by atoms with Gasteiger partial charge in [-0.3, -0.25) is 0 Å². The maximum Gasteiger partial charge on any atom is 0.123 e. The molecule has 2 aliphatic rings. The van der Waals surface area contributed by atoms with Crippen molar-refractivity contribution in [1.82, 2.24) is 0 Å². The molecule has 2 saturated heterocycles. The van der Waals surface area contributed by atoms with Crippen LogP contribution in [0, 0.1) is 11.2 Å². The van der Waals surface area contributed by atoms with Gasteiger partial charge in [0, 0.05) is 30.6 Å². The standard InChI is InChI=1S/C14H19FN2/c15-12-1-3-13(4-2-12)17-9-6-14(7-10-17)5-8-16-11-14/h1-4,16H,5-11H2/p+1. The fraction of sp³-hybridized carbons (Fsp3) is 0.571. The van der Waals surface area contributed by atoms with Crippen LogP contribution in [-0.4, -0.2) is 26.2 Å². The number of rotatable bonds is 1. The number of quaternary nitrogens is 1. The SMILES string of the molecule is Fc1ccc(N2CCC3(CC[NH2+]C3)CC2)cc1. The van der Waals surface area contributed by atoms with E-state index >= 15 is 0 Å². The Morgan fingerprint density at radius 3 is 2.35 bits per heavy atom. The molecule has 0 aliphatic carbocycles. The van der Waals surface area contributed by atoms with Crippen LogP contribution in [-0.2, 0) is 0 Å². The van der Waals surface area contributed by atoms with Gasteiger partial charge in [0.1, 0.15) is 5.82 Å². The lowest BCUT2D eigenvalue weighted by atomic mass is 9.78. The lowest BCUT2D eigenvalue weighted by Crippen LogP contribution is -2.82. The molecular formula is C14H20FN2+. The Morgan fingerprint density at radius 2 is 1.76 bits per heavy atom. The van der Waals surface area contributed by atoms with Gasteiger partial charge in [-0.2, -0.15) is 0 Å². The summed E-state index contributed by atoms with van der Waals surface area (Å²) in [4.78, 5) is 2.39. The molecular weight excluding hydrogens is 215 g/mol. The summed E-state index contributed by atoms with van der Waals surface area (Å²) in [6.07, 6.45) is 3.96. The van der Waals surface area contributed by atoms with Crippen LogP contribution in [0.3, 0.4) is 0 Å². The second-order valence-corrected chi connectivity index (χ2v) is 5.49. The summed E-state index contributed by atoms with van der Waals surface area (Å²) in [5, 5.41) is 2.45. The molecule has 2 fully saturated rings. The first kappa shape index (κ1) is 11.0. The minimum atomic E-state index is -0.146. The van der Waals surface area contributed by atoms with Crippen molar-refractivity contribution in [2.45, 2.75) is 19.3 Å². The van der Waals surface area contributed by atoms with Gasteiger partial charge < -0.3 is 10.2 Å². The zero-order chi connectivity index (χ0) is 11.7. The third-order valence-electron chi connectivity index (χ3n) is 4.47. The number of halogens is 1. The second-order valence-electron chi connectivity index (χ2n) is 5.49.